The van der Waals surface area contributed by atoms with Gasteiger partial charge in [-0.2, -0.15) is 11.8 Å². The SMILES string of the molecule is COCC(Br)CCCCSC. The quantitative estimate of drug-likeness (QED) is 0.500. The summed E-state index contributed by atoms with van der Waals surface area (Å²) >= 11 is 5.48. The average Bonchev–Trinajstić information content (AvgIpc) is 1.99. The molecule has 1 unspecified atom stereocenters. The van der Waals surface area contributed by atoms with Crippen molar-refractivity contribution in [1.29, 1.82) is 0 Å². The number of halogens is 1. The Kier molecular flexibility index (Phi) is 9.52. The van der Waals surface area contributed by atoms with E-state index in [4.69, 9.17) is 4.74 Å². The first-order chi connectivity index (χ1) is 5.31. The molecule has 3 heteroatoms. The molecule has 0 amide bonds. The van der Waals surface area contributed by atoms with Gasteiger partial charge in [-0.3, -0.25) is 0 Å². The van der Waals surface area contributed by atoms with Crippen LogP contribution in [-0.4, -0.2) is 30.6 Å². The monoisotopic (exact) mass is 240 g/mol. The molecular weight excluding hydrogens is 224 g/mol. The fourth-order valence-electron chi connectivity index (χ4n) is 0.876. The highest BCUT2D eigenvalue weighted by molar-refractivity contribution is 9.09. The predicted octanol–water partition coefficient (Wildman–Crippen LogP) is 2.93. The summed E-state index contributed by atoms with van der Waals surface area (Å²) in [5, 5.41) is 0. The predicted molar refractivity (Wildman–Crippen MR) is 56.8 cm³/mol. The normalized spacial score (nSPS) is 13.4. The molecule has 68 valence electrons. The Hall–Kier alpha value is 0.790. The minimum absolute atomic E-state index is 0.550. The molecule has 0 aliphatic rings. The maximum Gasteiger partial charge on any atom is 0.0587 e. The fraction of sp³-hybridized carbons (Fsp3) is 1.00. The second-order valence-corrected chi connectivity index (χ2v) is 4.82. The summed E-state index contributed by atoms with van der Waals surface area (Å²) in [6.07, 6.45) is 6.02. The van der Waals surface area contributed by atoms with Gasteiger partial charge in [-0.25, -0.2) is 0 Å². The molecule has 0 rings (SSSR count). The molecule has 11 heavy (non-hydrogen) atoms. The lowest BCUT2D eigenvalue weighted by atomic mass is 10.2. The van der Waals surface area contributed by atoms with E-state index >= 15 is 0 Å². The third-order valence-electron chi connectivity index (χ3n) is 1.46. The van der Waals surface area contributed by atoms with Crippen LogP contribution in [0, 0.1) is 0 Å². The van der Waals surface area contributed by atoms with Crippen LogP contribution in [0.25, 0.3) is 0 Å². The van der Waals surface area contributed by atoms with Crippen LogP contribution in [0.4, 0.5) is 0 Å². The second kappa shape index (κ2) is 8.88. The smallest absolute Gasteiger partial charge is 0.0587 e. The lowest BCUT2D eigenvalue weighted by molar-refractivity contribution is 0.198. The number of ether oxygens (including phenoxy) is 1. The highest BCUT2D eigenvalue weighted by atomic mass is 79.9. The first-order valence-electron chi connectivity index (χ1n) is 3.93. The summed E-state index contributed by atoms with van der Waals surface area (Å²) in [5.74, 6) is 1.28. The van der Waals surface area contributed by atoms with Crippen molar-refractivity contribution in [2.75, 3.05) is 25.7 Å². The van der Waals surface area contributed by atoms with Crippen LogP contribution in [0.1, 0.15) is 19.3 Å². The largest absolute Gasteiger partial charge is 0.384 e. The molecule has 0 aliphatic carbocycles. The van der Waals surface area contributed by atoms with Gasteiger partial charge in [0, 0.05) is 11.9 Å². The molecule has 0 aromatic heterocycles. The Balaban J connectivity index is 2.97. The van der Waals surface area contributed by atoms with E-state index in [-0.39, 0.29) is 0 Å². The lowest BCUT2D eigenvalue weighted by Crippen LogP contribution is -2.06. The zero-order chi connectivity index (χ0) is 8.53. The molecule has 1 atom stereocenters. The number of thioether (sulfide) groups is 1. The van der Waals surface area contributed by atoms with E-state index in [1.165, 1.54) is 25.0 Å². The Bertz CT molecular complexity index is 80.5. The minimum Gasteiger partial charge on any atom is -0.384 e. The number of alkyl halides is 1. The Morgan fingerprint density at radius 1 is 1.45 bits per heavy atom. The molecule has 0 N–H and O–H groups in total. The number of hydrogen-bond donors (Lipinski definition) is 0. The highest BCUT2D eigenvalue weighted by Crippen LogP contribution is 2.11. The van der Waals surface area contributed by atoms with Crippen LogP contribution in [-0.2, 0) is 4.74 Å². The van der Waals surface area contributed by atoms with E-state index in [9.17, 15) is 0 Å². The molecule has 0 aliphatic heterocycles. The van der Waals surface area contributed by atoms with Crippen molar-refractivity contribution < 1.29 is 4.74 Å². The van der Waals surface area contributed by atoms with Crippen LogP contribution >= 0.6 is 27.7 Å². The van der Waals surface area contributed by atoms with Crippen molar-refractivity contribution >= 4 is 27.7 Å². The Morgan fingerprint density at radius 3 is 2.73 bits per heavy atom. The van der Waals surface area contributed by atoms with Gasteiger partial charge in [0.25, 0.3) is 0 Å². The number of methoxy groups -OCH3 is 1. The van der Waals surface area contributed by atoms with Crippen LogP contribution in [0.2, 0.25) is 0 Å². The maximum atomic E-state index is 5.01. The average molecular weight is 241 g/mol. The van der Waals surface area contributed by atoms with Gasteiger partial charge in [0.05, 0.1) is 6.61 Å². The summed E-state index contributed by atoms with van der Waals surface area (Å²) in [5.41, 5.74) is 0. The van der Waals surface area contributed by atoms with Crippen molar-refractivity contribution in [3.8, 4) is 0 Å². The molecule has 0 saturated heterocycles. The summed E-state index contributed by atoms with van der Waals surface area (Å²) in [7, 11) is 1.75. The van der Waals surface area contributed by atoms with Gasteiger partial charge in [-0.15, -0.1) is 0 Å². The van der Waals surface area contributed by atoms with Gasteiger partial charge in [0.15, 0.2) is 0 Å². The van der Waals surface area contributed by atoms with Crippen molar-refractivity contribution in [2.24, 2.45) is 0 Å². The molecule has 0 spiro atoms. The molecule has 0 fully saturated rings. The number of rotatable bonds is 7. The van der Waals surface area contributed by atoms with Crippen molar-refractivity contribution in [3.05, 3.63) is 0 Å². The van der Waals surface area contributed by atoms with Gasteiger partial charge in [-0.05, 0) is 24.9 Å². The molecule has 0 heterocycles. The Morgan fingerprint density at radius 2 is 2.18 bits per heavy atom. The van der Waals surface area contributed by atoms with E-state index < -0.39 is 0 Å². The van der Waals surface area contributed by atoms with Gasteiger partial charge in [0.2, 0.25) is 0 Å². The van der Waals surface area contributed by atoms with Crippen molar-refractivity contribution in [3.63, 3.8) is 0 Å². The summed E-state index contributed by atoms with van der Waals surface area (Å²) < 4.78 is 5.01. The third kappa shape index (κ3) is 8.70. The van der Waals surface area contributed by atoms with E-state index in [0.29, 0.717) is 4.83 Å². The van der Waals surface area contributed by atoms with E-state index in [1.54, 1.807) is 7.11 Å². The molecule has 0 saturated carbocycles. The zero-order valence-electron chi connectivity index (χ0n) is 7.31. The number of hydrogen-bond acceptors (Lipinski definition) is 2. The van der Waals surface area contributed by atoms with Gasteiger partial charge in [0.1, 0.15) is 0 Å². The van der Waals surface area contributed by atoms with Crippen molar-refractivity contribution in [2.45, 2.75) is 24.1 Å². The molecule has 0 radical (unpaired) electrons. The van der Waals surface area contributed by atoms with Gasteiger partial charge >= 0.3 is 0 Å². The van der Waals surface area contributed by atoms with E-state index in [1.807, 2.05) is 11.8 Å². The molecule has 0 bridgehead atoms. The summed E-state index contributed by atoms with van der Waals surface area (Å²) in [6, 6.07) is 0. The first kappa shape index (κ1) is 11.8. The van der Waals surface area contributed by atoms with Gasteiger partial charge in [-0.1, -0.05) is 22.4 Å². The Labute approximate surface area is 82.4 Å². The van der Waals surface area contributed by atoms with Crippen LogP contribution in [0.15, 0.2) is 0 Å². The van der Waals surface area contributed by atoms with Crippen LogP contribution < -0.4 is 0 Å². The maximum absolute atomic E-state index is 5.01. The first-order valence-corrected chi connectivity index (χ1v) is 6.24. The molecule has 0 aromatic carbocycles. The fourth-order valence-corrected chi connectivity index (χ4v) is 1.96. The second-order valence-electron chi connectivity index (χ2n) is 2.54. The lowest BCUT2D eigenvalue weighted by Gasteiger charge is -2.06. The van der Waals surface area contributed by atoms with Gasteiger partial charge < -0.3 is 4.74 Å². The highest BCUT2D eigenvalue weighted by Gasteiger charge is 2.01. The zero-order valence-corrected chi connectivity index (χ0v) is 9.71. The standard InChI is InChI=1S/C8H17BrOS/c1-10-7-8(9)5-3-4-6-11-2/h8H,3-7H2,1-2H3. The topological polar surface area (TPSA) is 9.23 Å². The molecule has 1 nitrogen and oxygen atoms in total. The summed E-state index contributed by atoms with van der Waals surface area (Å²) in [6.45, 7) is 0.833. The van der Waals surface area contributed by atoms with E-state index in [0.717, 1.165) is 6.61 Å². The summed E-state index contributed by atoms with van der Waals surface area (Å²) in [4.78, 5) is 0.550. The molecular formula is C8H17BrOS. The van der Waals surface area contributed by atoms with Crippen molar-refractivity contribution in [1.82, 2.24) is 0 Å². The van der Waals surface area contributed by atoms with E-state index in [2.05, 4.69) is 22.2 Å². The minimum atomic E-state index is 0.550. The van der Waals surface area contributed by atoms with Crippen LogP contribution in [0.3, 0.4) is 0 Å². The van der Waals surface area contributed by atoms with Crippen LogP contribution in [0.5, 0.6) is 0 Å². The number of unbranched alkanes of at least 4 members (excludes halogenated alkanes) is 1. The molecule has 0 aromatic rings. The third-order valence-corrected chi connectivity index (χ3v) is 2.88.